The molecule has 1 aliphatic heterocycles. The van der Waals surface area contributed by atoms with Gasteiger partial charge in [-0.15, -0.1) is 0 Å². The van der Waals surface area contributed by atoms with Crippen LogP contribution >= 0.6 is 0 Å². The van der Waals surface area contributed by atoms with E-state index in [0.29, 0.717) is 19.2 Å². The fourth-order valence-corrected chi connectivity index (χ4v) is 4.52. The Morgan fingerprint density at radius 1 is 0.963 bits per heavy atom. The minimum absolute atomic E-state index is 0.190. The third kappa shape index (κ3) is 4.40. The van der Waals surface area contributed by atoms with Crippen LogP contribution in [0.4, 0.5) is 13.2 Å². The van der Waals surface area contributed by atoms with Gasteiger partial charge in [0.05, 0.1) is 32.7 Å². The van der Waals surface area contributed by atoms with Gasteiger partial charge >= 0.3 is 0 Å². The molecule has 3 rings (SSSR count). The van der Waals surface area contributed by atoms with E-state index in [1.165, 1.54) is 4.90 Å². The molecule has 1 heterocycles. The maximum atomic E-state index is 13.9. The summed E-state index contributed by atoms with van der Waals surface area (Å²) in [6, 6.07) is 11.2. The molecular formula is C19H20F3N2O2S+. The fraction of sp³-hybridized carbons (Fsp3) is 0.263. The normalized spacial score (nSPS) is 16.9. The smallest absolute Gasteiger partial charge is 0.246 e. The summed E-state index contributed by atoms with van der Waals surface area (Å²) in [5, 5.41) is 0. The SMILES string of the molecule is O=S(=O)(c1ccc(F)c(F)c1F)N1CC[NH+](C/C=C/c2ccccc2)CC1. The Labute approximate surface area is 156 Å². The second-order valence-corrected chi connectivity index (χ2v) is 8.25. The summed E-state index contributed by atoms with van der Waals surface area (Å²) in [6.45, 7) is 2.21. The van der Waals surface area contributed by atoms with E-state index in [-0.39, 0.29) is 13.1 Å². The first-order valence-corrected chi connectivity index (χ1v) is 10.0. The summed E-state index contributed by atoms with van der Waals surface area (Å²) in [5.41, 5.74) is 1.09. The van der Waals surface area contributed by atoms with Crippen LogP contribution in [0.3, 0.4) is 0 Å². The number of nitrogens with zero attached hydrogens (tertiary/aromatic N) is 1. The van der Waals surface area contributed by atoms with E-state index in [1.54, 1.807) is 0 Å². The number of sulfonamides is 1. The lowest BCUT2D eigenvalue weighted by molar-refractivity contribution is -0.897. The molecule has 0 aliphatic carbocycles. The summed E-state index contributed by atoms with van der Waals surface area (Å²) in [7, 11) is -4.20. The summed E-state index contributed by atoms with van der Waals surface area (Å²) >= 11 is 0. The first kappa shape index (κ1) is 19.6. The van der Waals surface area contributed by atoms with Crippen molar-refractivity contribution in [2.45, 2.75) is 4.90 Å². The fourth-order valence-electron chi connectivity index (χ4n) is 3.02. The number of benzene rings is 2. The van der Waals surface area contributed by atoms with Crippen LogP contribution in [-0.2, 0) is 10.0 Å². The Morgan fingerprint density at radius 2 is 1.63 bits per heavy atom. The summed E-state index contributed by atoms with van der Waals surface area (Å²) < 4.78 is 66.5. The van der Waals surface area contributed by atoms with Crippen LogP contribution in [0.15, 0.2) is 53.4 Å². The van der Waals surface area contributed by atoms with Gasteiger partial charge in [-0.05, 0) is 23.8 Å². The molecule has 0 spiro atoms. The van der Waals surface area contributed by atoms with Gasteiger partial charge in [-0.3, -0.25) is 0 Å². The Balaban J connectivity index is 1.61. The van der Waals surface area contributed by atoms with Crippen molar-refractivity contribution in [1.29, 1.82) is 0 Å². The zero-order valence-corrected chi connectivity index (χ0v) is 15.4. The van der Waals surface area contributed by atoms with Gasteiger partial charge in [-0.25, -0.2) is 21.6 Å². The van der Waals surface area contributed by atoms with E-state index in [4.69, 9.17) is 0 Å². The number of nitrogens with one attached hydrogen (secondary N) is 1. The number of rotatable bonds is 5. The van der Waals surface area contributed by atoms with Crippen LogP contribution in [0.1, 0.15) is 5.56 Å². The molecule has 0 atom stereocenters. The average Bonchev–Trinajstić information content (AvgIpc) is 2.67. The minimum Gasteiger partial charge on any atom is -0.329 e. The number of quaternary nitrogens is 1. The number of halogens is 3. The van der Waals surface area contributed by atoms with E-state index in [0.717, 1.165) is 22.5 Å². The van der Waals surface area contributed by atoms with Gasteiger partial charge in [0, 0.05) is 0 Å². The van der Waals surface area contributed by atoms with Crippen molar-refractivity contribution in [2.24, 2.45) is 0 Å². The molecule has 1 fully saturated rings. The van der Waals surface area contributed by atoms with E-state index in [1.807, 2.05) is 42.5 Å². The van der Waals surface area contributed by atoms with Crippen molar-refractivity contribution >= 4 is 16.1 Å². The first-order valence-electron chi connectivity index (χ1n) is 8.58. The zero-order chi connectivity index (χ0) is 19.4. The largest absolute Gasteiger partial charge is 0.329 e. The van der Waals surface area contributed by atoms with Crippen molar-refractivity contribution in [2.75, 3.05) is 32.7 Å². The van der Waals surface area contributed by atoms with Gasteiger partial charge in [-0.2, -0.15) is 4.31 Å². The van der Waals surface area contributed by atoms with Gasteiger partial charge in [0.2, 0.25) is 10.0 Å². The van der Waals surface area contributed by atoms with Crippen molar-refractivity contribution in [3.63, 3.8) is 0 Å². The van der Waals surface area contributed by atoms with Crippen LogP contribution in [0.25, 0.3) is 6.08 Å². The molecule has 27 heavy (non-hydrogen) atoms. The number of piperazine rings is 1. The summed E-state index contributed by atoms with van der Waals surface area (Å²) in [5.74, 6) is -4.85. The standard InChI is InChI=1S/C19H19F3N2O2S/c20-16-8-9-17(19(22)18(16)21)27(25,26)24-13-11-23(12-14-24)10-4-7-15-5-2-1-3-6-15/h1-9H,10-14H2/p+1/b7-4+. The molecular weight excluding hydrogens is 377 g/mol. The van der Waals surface area contributed by atoms with Crippen molar-refractivity contribution in [1.82, 2.24) is 4.31 Å². The molecule has 2 aromatic rings. The highest BCUT2D eigenvalue weighted by Crippen LogP contribution is 2.23. The Morgan fingerprint density at radius 3 is 2.30 bits per heavy atom. The third-order valence-electron chi connectivity index (χ3n) is 4.56. The highest BCUT2D eigenvalue weighted by atomic mass is 32.2. The molecule has 0 saturated carbocycles. The van der Waals surface area contributed by atoms with Gasteiger partial charge < -0.3 is 4.90 Å². The van der Waals surface area contributed by atoms with Crippen LogP contribution in [0.5, 0.6) is 0 Å². The molecule has 0 amide bonds. The molecule has 1 saturated heterocycles. The molecule has 0 aromatic heterocycles. The zero-order valence-electron chi connectivity index (χ0n) is 14.5. The number of hydrogen-bond donors (Lipinski definition) is 1. The maximum absolute atomic E-state index is 13.9. The molecule has 1 N–H and O–H groups in total. The van der Waals surface area contributed by atoms with Gasteiger partial charge in [-0.1, -0.05) is 36.4 Å². The predicted octanol–water partition coefficient (Wildman–Crippen LogP) is 1.71. The first-order chi connectivity index (χ1) is 12.9. The molecule has 2 aromatic carbocycles. The van der Waals surface area contributed by atoms with Gasteiger partial charge in [0.25, 0.3) is 0 Å². The van der Waals surface area contributed by atoms with E-state index in [2.05, 4.69) is 0 Å². The minimum atomic E-state index is -4.20. The summed E-state index contributed by atoms with van der Waals surface area (Å²) in [6.07, 6.45) is 4.04. The van der Waals surface area contributed by atoms with Gasteiger partial charge in [0.15, 0.2) is 17.5 Å². The highest BCUT2D eigenvalue weighted by Gasteiger charge is 2.33. The van der Waals surface area contributed by atoms with Gasteiger partial charge in [0.1, 0.15) is 4.90 Å². The van der Waals surface area contributed by atoms with E-state index >= 15 is 0 Å². The second-order valence-electron chi connectivity index (χ2n) is 6.34. The lowest BCUT2D eigenvalue weighted by Gasteiger charge is -2.31. The molecule has 8 heteroatoms. The van der Waals surface area contributed by atoms with Crippen molar-refractivity contribution in [3.05, 3.63) is 71.6 Å². The second kappa shape index (κ2) is 8.24. The van der Waals surface area contributed by atoms with Crippen LogP contribution in [0.2, 0.25) is 0 Å². The molecule has 0 radical (unpaired) electrons. The van der Waals surface area contributed by atoms with Crippen molar-refractivity contribution in [3.8, 4) is 0 Å². The van der Waals surface area contributed by atoms with Crippen LogP contribution in [0, 0.1) is 17.5 Å². The molecule has 4 nitrogen and oxygen atoms in total. The molecule has 0 unspecified atom stereocenters. The summed E-state index contributed by atoms with van der Waals surface area (Å²) in [4.78, 5) is 0.369. The molecule has 0 bridgehead atoms. The Hall–Kier alpha value is -2.16. The number of hydrogen-bond acceptors (Lipinski definition) is 2. The lowest BCUT2D eigenvalue weighted by Crippen LogP contribution is -3.14. The third-order valence-corrected chi connectivity index (χ3v) is 6.48. The topological polar surface area (TPSA) is 41.8 Å². The lowest BCUT2D eigenvalue weighted by atomic mass is 10.2. The molecule has 1 aliphatic rings. The van der Waals surface area contributed by atoms with E-state index < -0.39 is 32.4 Å². The van der Waals surface area contributed by atoms with E-state index in [9.17, 15) is 21.6 Å². The average molecular weight is 397 g/mol. The Bertz CT molecular complexity index is 925. The monoisotopic (exact) mass is 397 g/mol. The molecule has 144 valence electrons. The van der Waals surface area contributed by atoms with Crippen LogP contribution < -0.4 is 4.90 Å². The quantitative estimate of drug-likeness (QED) is 0.781. The maximum Gasteiger partial charge on any atom is 0.246 e. The van der Waals surface area contributed by atoms with Crippen LogP contribution in [-0.4, -0.2) is 45.4 Å². The highest BCUT2D eigenvalue weighted by molar-refractivity contribution is 7.89. The van der Waals surface area contributed by atoms with Crippen molar-refractivity contribution < 1.29 is 26.5 Å². The Kier molecular flexibility index (Phi) is 5.98. The predicted molar refractivity (Wildman–Crippen MR) is 96.1 cm³/mol.